The number of hydrogen-bond acceptors (Lipinski definition) is 5. The van der Waals surface area contributed by atoms with Crippen LogP contribution in [0.25, 0.3) is 0 Å². The van der Waals surface area contributed by atoms with Crippen molar-refractivity contribution in [3.05, 3.63) is 58.7 Å². The molecule has 0 aliphatic carbocycles. The summed E-state index contributed by atoms with van der Waals surface area (Å²) in [6.07, 6.45) is 0.632. The Kier molecular flexibility index (Phi) is 11.0. The molecular weight excluding hydrogens is 532 g/mol. The summed E-state index contributed by atoms with van der Waals surface area (Å²) in [7, 11) is 8.09. The van der Waals surface area contributed by atoms with Crippen LogP contribution in [0.5, 0.6) is 11.5 Å². The summed E-state index contributed by atoms with van der Waals surface area (Å²) < 4.78 is 12.4. The van der Waals surface area contributed by atoms with Gasteiger partial charge < -0.3 is 18.4 Å². The molecule has 0 radical (unpaired) electrons. The van der Waals surface area contributed by atoms with E-state index in [2.05, 4.69) is 60.6 Å². The van der Waals surface area contributed by atoms with E-state index in [4.69, 9.17) is 22.1 Å². The smallest absolute Gasteiger partial charge is 0.367 e. The molecule has 228 valence electrons. The van der Waals surface area contributed by atoms with Gasteiger partial charge in [-0.05, 0) is 73.9 Å². The molecule has 41 heavy (non-hydrogen) atoms. The molecule has 2 aromatic rings. The van der Waals surface area contributed by atoms with Crippen molar-refractivity contribution in [1.29, 1.82) is 0 Å². The maximum Gasteiger partial charge on any atom is 0.367 e. The Balaban J connectivity index is 2.14. The van der Waals surface area contributed by atoms with E-state index >= 15 is 0 Å². The number of quaternary nitrogens is 2. The zero-order chi connectivity index (χ0) is 31.6. The number of nitrogens with zero attached hydrogens (tertiary/aromatic N) is 2. The summed E-state index contributed by atoms with van der Waals surface area (Å²) in [5.74, 6) is 1.34. The first-order valence-electron chi connectivity index (χ1n) is 14.6. The predicted octanol–water partition coefficient (Wildman–Crippen LogP) is 7.03. The SMILES string of the molecule is Cc1ccc(C(C)C)cc1OC(=O)C[N+](C)(C)C(C)(C)CC(C)(S)[N+](C)(C)CC(=O)Oc1cc(C(C)C)ccc1C. The van der Waals surface area contributed by atoms with Gasteiger partial charge in [0.15, 0.2) is 13.1 Å². The lowest BCUT2D eigenvalue weighted by Crippen LogP contribution is -2.65. The van der Waals surface area contributed by atoms with E-state index in [0.29, 0.717) is 38.7 Å². The van der Waals surface area contributed by atoms with Crippen molar-refractivity contribution in [1.82, 2.24) is 0 Å². The van der Waals surface area contributed by atoms with E-state index in [9.17, 15) is 9.59 Å². The molecule has 1 atom stereocenters. The summed E-state index contributed by atoms with van der Waals surface area (Å²) in [6, 6.07) is 12.1. The number of rotatable bonds is 12. The second-order valence-corrected chi connectivity index (χ2v) is 15.2. The molecule has 0 bridgehead atoms. The Labute approximate surface area is 254 Å². The van der Waals surface area contributed by atoms with Crippen LogP contribution in [0.3, 0.4) is 0 Å². The third kappa shape index (κ3) is 8.82. The van der Waals surface area contributed by atoms with Gasteiger partial charge in [0.25, 0.3) is 0 Å². The van der Waals surface area contributed by atoms with Gasteiger partial charge in [-0.3, -0.25) is 0 Å². The lowest BCUT2D eigenvalue weighted by molar-refractivity contribution is -0.949. The topological polar surface area (TPSA) is 52.6 Å². The van der Waals surface area contributed by atoms with Crippen LogP contribution in [0.2, 0.25) is 0 Å². The van der Waals surface area contributed by atoms with E-state index in [1.807, 2.05) is 66.3 Å². The van der Waals surface area contributed by atoms with Crippen LogP contribution in [-0.2, 0) is 9.59 Å². The molecule has 0 spiro atoms. The number of ether oxygens (including phenoxy) is 2. The largest absolute Gasteiger partial charge is 0.422 e. The number of hydrogen-bond donors (Lipinski definition) is 1. The van der Waals surface area contributed by atoms with Gasteiger partial charge in [0.05, 0.1) is 34.6 Å². The van der Waals surface area contributed by atoms with Crippen molar-refractivity contribution in [2.45, 2.75) is 91.0 Å². The molecule has 7 heteroatoms. The number of thiol groups is 1. The molecule has 0 aliphatic rings. The number of carbonyl (C=O) groups excluding carboxylic acids is 2. The zero-order valence-corrected chi connectivity index (χ0v) is 28.6. The highest BCUT2D eigenvalue weighted by Gasteiger charge is 2.50. The van der Waals surface area contributed by atoms with Gasteiger partial charge in [0, 0.05) is 6.92 Å². The maximum absolute atomic E-state index is 13.2. The van der Waals surface area contributed by atoms with Crippen LogP contribution < -0.4 is 9.47 Å². The third-order valence-corrected chi connectivity index (χ3v) is 9.66. The highest BCUT2D eigenvalue weighted by atomic mass is 32.1. The van der Waals surface area contributed by atoms with Crippen LogP contribution in [0.4, 0.5) is 0 Å². The Morgan fingerprint density at radius 1 is 0.732 bits per heavy atom. The molecule has 0 saturated heterocycles. The van der Waals surface area contributed by atoms with Crippen molar-refractivity contribution in [3.8, 4) is 11.5 Å². The van der Waals surface area contributed by atoms with Gasteiger partial charge in [-0.2, -0.15) is 0 Å². The monoisotopic (exact) mass is 586 g/mol. The average Bonchev–Trinajstić information content (AvgIpc) is 2.80. The Morgan fingerprint density at radius 3 is 1.46 bits per heavy atom. The summed E-state index contributed by atoms with van der Waals surface area (Å²) >= 11 is 5.11. The van der Waals surface area contributed by atoms with Crippen LogP contribution in [0, 0.1) is 13.8 Å². The lowest BCUT2D eigenvalue weighted by Gasteiger charge is -2.50. The fraction of sp³-hybridized carbons (Fsp3) is 0.588. The summed E-state index contributed by atoms with van der Waals surface area (Å²) in [4.78, 5) is 25.7. The summed E-state index contributed by atoms with van der Waals surface area (Å²) in [6.45, 7) is 19.1. The van der Waals surface area contributed by atoms with E-state index in [0.717, 1.165) is 22.3 Å². The van der Waals surface area contributed by atoms with Gasteiger partial charge in [0.2, 0.25) is 0 Å². The van der Waals surface area contributed by atoms with Crippen molar-refractivity contribution < 1.29 is 28.0 Å². The fourth-order valence-electron chi connectivity index (χ4n) is 4.76. The zero-order valence-electron chi connectivity index (χ0n) is 27.7. The minimum absolute atomic E-state index is 0.155. The molecule has 1 unspecified atom stereocenters. The van der Waals surface area contributed by atoms with Gasteiger partial charge in [-0.1, -0.05) is 52.0 Å². The molecule has 0 aliphatic heterocycles. The first-order chi connectivity index (χ1) is 18.6. The highest BCUT2D eigenvalue weighted by Crippen LogP contribution is 2.38. The van der Waals surface area contributed by atoms with Crippen molar-refractivity contribution in [2.75, 3.05) is 41.3 Å². The van der Waals surface area contributed by atoms with Gasteiger partial charge in [0.1, 0.15) is 21.9 Å². The van der Waals surface area contributed by atoms with Crippen LogP contribution >= 0.6 is 12.6 Å². The molecule has 6 nitrogen and oxygen atoms in total. The number of carbonyl (C=O) groups is 2. The van der Waals surface area contributed by atoms with Gasteiger partial charge in [-0.15, -0.1) is 12.6 Å². The van der Waals surface area contributed by atoms with E-state index < -0.39 is 4.87 Å². The maximum atomic E-state index is 13.2. The third-order valence-electron chi connectivity index (χ3n) is 8.96. The first kappa shape index (κ1) is 34.8. The Bertz CT molecular complexity index is 1150. The molecule has 0 fully saturated rings. The van der Waals surface area contributed by atoms with E-state index in [1.165, 1.54) is 0 Å². The first-order valence-corrected chi connectivity index (χ1v) is 15.0. The average molecular weight is 587 g/mol. The molecule has 0 heterocycles. The Hall–Kier alpha value is -2.35. The van der Waals surface area contributed by atoms with E-state index in [-0.39, 0.29) is 30.6 Å². The van der Waals surface area contributed by atoms with E-state index in [1.54, 1.807) is 0 Å². The van der Waals surface area contributed by atoms with Crippen molar-refractivity contribution in [3.63, 3.8) is 0 Å². The molecule has 0 amide bonds. The van der Waals surface area contributed by atoms with Crippen LogP contribution in [-0.4, -0.2) is 72.6 Å². The number of likely N-dealkylation sites (N-methyl/N-ethyl adjacent to an activating group) is 2. The van der Waals surface area contributed by atoms with Crippen LogP contribution in [0.1, 0.15) is 89.0 Å². The minimum atomic E-state index is -0.598. The number of aryl methyl sites for hydroxylation is 2. The molecule has 0 N–H and O–H groups in total. The molecule has 0 aromatic heterocycles. The fourth-order valence-corrected chi connectivity index (χ4v) is 5.22. The molecule has 2 aromatic carbocycles. The standard InChI is InChI=1S/C34H53N2O4S/c1-23(2)27-16-14-25(5)29(18-27)39-31(37)20-35(10,11)33(7,8)22-34(9,41)36(12,13)21-32(38)40-30-19-28(24(3)4)17-15-26(30)6/h14-19,23-24H,20-22H2,1-13H3/q+1/p+1. The second-order valence-electron chi connectivity index (χ2n) is 14.2. The predicted molar refractivity (Wildman–Crippen MR) is 172 cm³/mol. The number of benzene rings is 2. The quantitative estimate of drug-likeness (QED) is 0.0954. The molecule has 0 saturated carbocycles. The van der Waals surface area contributed by atoms with Crippen molar-refractivity contribution in [2.24, 2.45) is 0 Å². The molecular formula is C34H54N2O4S+2. The Morgan fingerprint density at radius 2 is 1.10 bits per heavy atom. The van der Waals surface area contributed by atoms with Gasteiger partial charge in [-0.25, -0.2) is 9.59 Å². The normalized spacial score (nSPS) is 14.2. The lowest BCUT2D eigenvalue weighted by atomic mass is 9.90. The summed E-state index contributed by atoms with van der Waals surface area (Å²) in [5, 5.41) is 0. The highest BCUT2D eigenvalue weighted by molar-refractivity contribution is 7.81. The molecule has 2 rings (SSSR count). The van der Waals surface area contributed by atoms with Gasteiger partial charge >= 0.3 is 11.9 Å². The number of esters is 2. The minimum Gasteiger partial charge on any atom is -0.422 e. The second kappa shape index (κ2) is 12.9. The van der Waals surface area contributed by atoms with Crippen LogP contribution in [0.15, 0.2) is 36.4 Å². The summed E-state index contributed by atoms with van der Waals surface area (Å²) in [5.41, 5.74) is 3.77. The van der Waals surface area contributed by atoms with Crippen molar-refractivity contribution >= 4 is 24.6 Å².